The Kier molecular flexibility index (Phi) is 8.78. The molecule has 5 heteroatoms. The molecule has 0 N–H and O–H groups in total. The molecule has 11 aromatic rings. The first-order valence-corrected chi connectivity index (χ1v) is 23.0. The maximum atomic E-state index is 9.27. The molecule has 1 aliphatic carbocycles. The molecular formula is C60H51N3O2. The Morgan fingerprint density at radius 2 is 1.32 bits per heavy atom. The van der Waals surface area contributed by atoms with E-state index in [0.717, 1.165) is 103 Å². The first-order valence-electron chi connectivity index (χ1n) is 23.5. The van der Waals surface area contributed by atoms with Crippen molar-refractivity contribution < 1.29 is 10.5 Å². The van der Waals surface area contributed by atoms with Gasteiger partial charge in [-0.25, -0.2) is 4.98 Å². The normalized spacial score (nSPS) is 15.4. The van der Waals surface area contributed by atoms with E-state index in [9.17, 15) is 1.37 Å². The Morgan fingerprint density at radius 1 is 0.600 bits per heavy atom. The van der Waals surface area contributed by atoms with Crippen LogP contribution in [-0.2, 0) is 5.41 Å². The van der Waals surface area contributed by atoms with Crippen LogP contribution < -0.4 is 4.74 Å². The topological polar surface area (TPSA) is 53.1 Å². The molecule has 12 rings (SSSR count). The second-order valence-electron chi connectivity index (χ2n) is 19.8. The van der Waals surface area contributed by atoms with E-state index in [4.69, 9.17) is 19.1 Å². The molecule has 0 spiro atoms. The number of ether oxygens (including phenoxy) is 1. The summed E-state index contributed by atoms with van der Waals surface area (Å²) < 4.78 is 25.3. The molecule has 0 unspecified atom stereocenters. The van der Waals surface area contributed by atoms with Gasteiger partial charge in [0.25, 0.3) is 0 Å². The fourth-order valence-corrected chi connectivity index (χ4v) is 10.2. The van der Waals surface area contributed by atoms with Gasteiger partial charge in [-0.3, -0.25) is 9.55 Å². The highest BCUT2D eigenvalue weighted by atomic mass is 16.5. The van der Waals surface area contributed by atoms with E-state index in [0.29, 0.717) is 11.2 Å². The summed E-state index contributed by atoms with van der Waals surface area (Å²) in [6, 6.07) is 53.6. The molecule has 1 saturated carbocycles. The number of para-hydroxylation sites is 1. The number of hydrogen-bond donors (Lipinski definition) is 0. The zero-order chi connectivity index (χ0) is 45.0. The summed E-state index contributed by atoms with van der Waals surface area (Å²) in [5, 5.41) is 8.83. The molecule has 1 fully saturated rings. The van der Waals surface area contributed by atoms with E-state index in [2.05, 4.69) is 167 Å². The Labute approximate surface area is 380 Å². The maximum Gasteiger partial charge on any atom is 0.145 e. The van der Waals surface area contributed by atoms with Crippen molar-refractivity contribution in [3.05, 3.63) is 175 Å². The van der Waals surface area contributed by atoms with Gasteiger partial charge in [0.05, 0.1) is 16.7 Å². The summed E-state index contributed by atoms with van der Waals surface area (Å²) in [6.07, 6.45) is 7.75. The minimum absolute atomic E-state index is 0.0234. The van der Waals surface area contributed by atoms with Crippen LogP contribution in [0.1, 0.15) is 78.7 Å². The van der Waals surface area contributed by atoms with Crippen LogP contribution in [0, 0.1) is 5.41 Å². The minimum Gasteiger partial charge on any atom is -0.457 e. The van der Waals surface area contributed by atoms with Crippen LogP contribution in [0.4, 0.5) is 0 Å². The number of pyridine rings is 2. The largest absolute Gasteiger partial charge is 0.457 e. The van der Waals surface area contributed by atoms with Gasteiger partial charge in [0.15, 0.2) is 0 Å². The van der Waals surface area contributed by atoms with Crippen molar-refractivity contribution in [1.29, 1.82) is 0 Å². The Bertz CT molecular complexity index is 3700. The standard InChI is InChI=1S/C60H51N3O2/c1-59(2,3)42-27-31-62-56(33-42)63-54-12-7-6-10-47(54)48-22-19-43(36-55(48)63)64-44-34-51-50-24-23-46-45-20-17-40(38-15-13-37(14-16-38)39-25-28-60(4,5)29-26-39)32-41(45)18-21-49(46)57(50)65-58(51)52(35-44)53-11-8-9-30-61-53/h6-24,27,30-36,39H,25-26,28-29H2,1-5H3/i39D. The van der Waals surface area contributed by atoms with Gasteiger partial charge >= 0.3 is 0 Å². The second kappa shape index (κ2) is 14.9. The third-order valence-electron chi connectivity index (χ3n) is 14.0. The van der Waals surface area contributed by atoms with Crippen molar-refractivity contribution >= 4 is 65.3 Å². The minimum atomic E-state index is -0.498. The smallest absolute Gasteiger partial charge is 0.145 e. The number of hydrogen-bond acceptors (Lipinski definition) is 4. The summed E-state index contributed by atoms with van der Waals surface area (Å²) in [4.78, 5) is 9.68. The first kappa shape index (κ1) is 38.2. The van der Waals surface area contributed by atoms with Gasteiger partial charge in [-0.15, -0.1) is 0 Å². The number of aromatic nitrogens is 3. The van der Waals surface area contributed by atoms with Crippen molar-refractivity contribution in [3.63, 3.8) is 0 Å². The van der Waals surface area contributed by atoms with E-state index >= 15 is 0 Å². The molecule has 0 amide bonds. The molecule has 5 nitrogen and oxygen atoms in total. The van der Waals surface area contributed by atoms with E-state index < -0.39 is 5.89 Å². The lowest BCUT2D eigenvalue weighted by Gasteiger charge is -2.34. The Hall–Kier alpha value is -7.24. The zero-order valence-electron chi connectivity index (χ0n) is 38.6. The van der Waals surface area contributed by atoms with Crippen LogP contribution in [0.25, 0.3) is 93.5 Å². The fourth-order valence-electron chi connectivity index (χ4n) is 10.2. The number of benzene rings is 7. The lowest BCUT2D eigenvalue weighted by Crippen LogP contribution is -2.20. The summed E-state index contributed by atoms with van der Waals surface area (Å²) in [5.41, 5.74) is 10.4. The molecule has 0 bridgehead atoms. The van der Waals surface area contributed by atoms with Crippen molar-refractivity contribution in [3.8, 4) is 39.7 Å². The van der Waals surface area contributed by atoms with Crippen molar-refractivity contribution in [2.75, 3.05) is 0 Å². The van der Waals surface area contributed by atoms with Crippen LogP contribution in [0.3, 0.4) is 0 Å². The van der Waals surface area contributed by atoms with Gasteiger partial charge in [0.1, 0.15) is 28.5 Å². The predicted octanol–water partition coefficient (Wildman–Crippen LogP) is 16.9. The molecule has 0 saturated heterocycles. The third kappa shape index (κ3) is 6.84. The summed E-state index contributed by atoms with van der Waals surface area (Å²) >= 11 is 0. The maximum absolute atomic E-state index is 9.27. The van der Waals surface area contributed by atoms with Gasteiger partial charge in [0, 0.05) is 52.3 Å². The predicted molar refractivity (Wildman–Crippen MR) is 270 cm³/mol. The van der Waals surface area contributed by atoms with Gasteiger partial charge in [0.2, 0.25) is 0 Å². The van der Waals surface area contributed by atoms with Crippen LogP contribution in [-0.4, -0.2) is 14.5 Å². The van der Waals surface area contributed by atoms with Crippen molar-refractivity contribution in [2.24, 2.45) is 5.41 Å². The summed E-state index contributed by atoms with van der Waals surface area (Å²) in [6.45, 7) is 11.4. The van der Waals surface area contributed by atoms with Gasteiger partial charge in [-0.2, -0.15) is 0 Å². The van der Waals surface area contributed by atoms with E-state index in [1.165, 1.54) is 32.8 Å². The van der Waals surface area contributed by atoms with Crippen LogP contribution in [0.2, 0.25) is 0 Å². The first-order chi connectivity index (χ1) is 31.9. The number of rotatable bonds is 6. The molecule has 65 heavy (non-hydrogen) atoms. The lowest BCUT2D eigenvalue weighted by molar-refractivity contribution is 0.224. The molecule has 1 aliphatic rings. The number of nitrogens with zero attached hydrogens (tertiary/aromatic N) is 3. The highest BCUT2D eigenvalue weighted by Gasteiger charge is 2.28. The molecule has 7 aromatic carbocycles. The average molecular weight is 847 g/mol. The van der Waals surface area contributed by atoms with Gasteiger partial charge < -0.3 is 9.15 Å². The lowest BCUT2D eigenvalue weighted by atomic mass is 9.71. The highest BCUT2D eigenvalue weighted by molar-refractivity contribution is 6.22. The Balaban J connectivity index is 0.935. The molecule has 0 radical (unpaired) electrons. The van der Waals surface area contributed by atoms with Gasteiger partial charge in [-0.05, 0) is 154 Å². The second-order valence-corrected chi connectivity index (χ2v) is 19.8. The molecule has 318 valence electrons. The van der Waals surface area contributed by atoms with E-state index in [-0.39, 0.29) is 5.41 Å². The van der Waals surface area contributed by atoms with Crippen LogP contribution in [0.5, 0.6) is 11.5 Å². The summed E-state index contributed by atoms with van der Waals surface area (Å²) in [7, 11) is 0. The van der Waals surface area contributed by atoms with Crippen LogP contribution >= 0.6 is 0 Å². The molecule has 0 atom stereocenters. The molecule has 4 aromatic heterocycles. The SMILES string of the molecule is [2H]C1(c2ccc(-c3ccc4c(ccc5c4ccc4c6cc(Oc7ccc8c9ccccc9n(-c9cc(C(C)(C)C)ccn9)c8c7)cc(-c7ccccn7)c6oc45)c3)cc2)CCC(C)(C)CC1. The number of furan rings is 1. The third-order valence-corrected chi connectivity index (χ3v) is 14.0. The zero-order valence-corrected chi connectivity index (χ0v) is 37.6. The van der Waals surface area contributed by atoms with Gasteiger partial charge in [-0.1, -0.05) is 107 Å². The van der Waals surface area contributed by atoms with Crippen molar-refractivity contribution in [1.82, 2.24) is 14.5 Å². The quantitative estimate of drug-likeness (QED) is 0.156. The fraction of sp³-hybridized carbons (Fsp3) is 0.200. The average Bonchev–Trinajstić information content (AvgIpc) is 3.88. The number of fused-ring (bicyclic) bond motifs is 10. The highest BCUT2D eigenvalue weighted by Crippen LogP contribution is 2.45. The molecule has 4 heterocycles. The monoisotopic (exact) mass is 846 g/mol. The Morgan fingerprint density at radius 3 is 2.14 bits per heavy atom. The van der Waals surface area contributed by atoms with E-state index in [1.54, 1.807) is 0 Å². The molecular weight excluding hydrogens is 795 g/mol. The van der Waals surface area contributed by atoms with E-state index in [1.807, 2.05) is 36.7 Å². The summed E-state index contributed by atoms with van der Waals surface area (Å²) in [5.74, 6) is 1.79. The molecule has 0 aliphatic heterocycles. The van der Waals surface area contributed by atoms with Crippen LogP contribution in [0.15, 0.2) is 168 Å². The van der Waals surface area contributed by atoms with Crippen molar-refractivity contribution in [2.45, 2.75) is 71.6 Å².